The van der Waals surface area contributed by atoms with Crippen molar-refractivity contribution in [2.75, 3.05) is 6.54 Å². The maximum Gasteiger partial charge on any atom is 0.408 e. The number of ether oxygens (including phenoxy) is 2. The number of nitrogens with one attached hydrogen (secondary N) is 4. The monoisotopic (exact) mass is 819 g/mol. The molecule has 4 N–H and O–H groups in total. The summed E-state index contributed by atoms with van der Waals surface area (Å²) in [5.41, 5.74) is -1.30. The Morgan fingerprint density at radius 2 is 1.69 bits per heavy atom. The van der Waals surface area contributed by atoms with E-state index in [9.17, 15) is 32.4 Å². The Balaban J connectivity index is 1.15. The van der Waals surface area contributed by atoms with Gasteiger partial charge in [-0.15, -0.1) is 6.58 Å². The number of nitrogens with zero attached hydrogens (tertiary/aromatic N) is 1. The van der Waals surface area contributed by atoms with Gasteiger partial charge in [-0.1, -0.05) is 43.9 Å². The molecule has 58 heavy (non-hydrogen) atoms. The van der Waals surface area contributed by atoms with Gasteiger partial charge >= 0.3 is 6.09 Å². The molecule has 2 aliphatic heterocycles. The number of hydrogen-bond acceptors (Lipinski definition) is 9. The number of rotatable bonds is 7. The second-order valence-corrected chi connectivity index (χ2v) is 19.8. The highest BCUT2D eigenvalue weighted by molar-refractivity contribution is 7.91. The Labute approximate surface area is 339 Å². The fourth-order valence-corrected chi connectivity index (χ4v) is 11.8. The van der Waals surface area contributed by atoms with Crippen molar-refractivity contribution in [1.82, 2.24) is 25.2 Å². The molecule has 3 heterocycles. The number of alkyl carbamates (subject to hydrolysis) is 1. The molecule has 15 heteroatoms. The van der Waals surface area contributed by atoms with E-state index in [4.69, 9.17) is 9.47 Å². The van der Waals surface area contributed by atoms with Crippen molar-refractivity contribution in [3.63, 3.8) is 0 Å². The van der Waals surface area contributed by atoms with Crippen molar-refractivity contribution >= 4 is 44.7 Å². The van der Waals surface area contributed by atoms with E-state index in [2.05, 4.69) is 26.9 Å². The summed E-state index contributed by atoms with van der Waals surface area (Å²) in [6, 6.07) is 5.12. The van der Waals surface area contributed by atoms with Crippen LogP contribution in [-0.2, 0) is 35.6 Å². The van der Waals surface area contributed by atoms with Gasteiger partial charge in [0, 0.05) is 17.7 Å². The van der Waals surface area contributed by atoms with Crippen molar-refractivity contribution in [3.05, 3.63) is 52.7 Å². The van der Waals surface area contributed by atoms with Gasteiger partial charge in [-0.3, -0.25) is 23.9 Å². The van der Waals surface area contributed by atoms with Crippen LogP contribution >= 0.6 is 0 Å². The average molecular weight is 820 g/mol. The molecular weight excluding hydrogens is 763 g/mol. The molecule has 4 aliphatic carbocycles. The topological polar surface area (TPSA) is 193 Å². The highest BCUT2D eigenvalue weighted by Crippen LogP contribution is 2.43. The fraction of sp³-hybridized carbons (Fsp3) is 0.651. The van der Waals surface area contributed by atoms with Crippen LogP contribution in [0.4, 0.5) is 4.79 Å². The van der Waals surface area contributed by atoms with E-state index in [1.807, 2.05) is 25.1 Å². The second kappa shape index (κ2) is 16.0. The molecule has 6 aliphatic rings. The average Bonchev–Trinajstić information content (AvgIpc) is 3.58. The van der Waals surface area contributed by atoms with Gasteiger partial charge in [0.1, 0.15) is 29.3 Å². The lowest BCUT2D eigenvalue weighted by Gasteiger charge is -2.47. The van der Waals surface area contributed by atoms with Crippen LogP contribution in [-0.4, -0.2) is 83.2 Å². The van der Waals surface area contributed by atoms with Crippen LogP contribution < -0.4 is 25.5 Å². The molecular formula is C43H57N5O9S. The van der Waals surface area contributed by atoms with Crippen LogP contribution in [0, 0.1) is 17.8 Å². The summed E-state index contributed by atoms with van der Waals surface area (Å²) in [5, 5.41) is 5.77. The van der Waals surface area contributed by atoms with Gasteiger partial charge in [-0.05, 0) is 108 Å². The van der Waals surface area contributed by atoms with E-state index in [0.29, 0.717) is 60.9 Å². The minimum atomic E-state index is -3.93. The number of hydrogen-bond donors (Lipinski definition) is 4. The number of carbonyl (C=O) groups excluding carboxylic acids is 4. The summed E-state index contributed by atoms with van der Waals surface area (Å²) in [4.78, 5) is 76.1. The first-order valence-corrected chi connectivity index (χ1v) is 23.0. The molecule has 14 nitrogen and oxygen atoms in total. The maximum atomic E-state index is 15.0. The number of benzene rings is 1. The maximum absolute atomic E-state index is 15.0. The van der Waals surface area contributed by atoms with Crippen LogP contribution in [0.3, 0.4) is 0 Å². The third-order valence-corrected chi connectivity index (χ3v) is 15.9. The fourth-order valence-electron chi connectivity index (χ4n) is 10.4. The van der Waals surface area contributed by atoms with Crippen LogP contribution in [0.2, 0.25) is 0 Å². The summed E-state index contributed by atoms with van der Waals surface area (Å²) >= 11 is 0. The van der Waals surface area contributed by atoms with Crippen LogP contribution in [0.25, 0.3) is 10.9 Å². The van der Waals surface area contributed by atoms with Crippen molar-refractivity contribution in [3.8, 4) is 5.88 Å². The number of H-pyrrole nitrogens is 1. The SMILES string of the molecule is C=CC1CCC1(NC(=O)C1CC2CN1C(=O)C(C1CCCC1)NC(=O)OC1(C)CCCC1CCCCCc1c([nH]c3ccccc3c1=O)O2)C(=O)NS(=O)(=O)C1CC1. The molecule has 2 bridgehead atoms. The number of aromatic nitrogens is 1. The quantitative estimate of drug-likeness (QED) is 0.282. The van der Waals surface area contributed by atoms with Crippen molar-refractivity contribution in [2.24, 2.45) is 17.8 Å². The number of pyridine rings is 1. The Bertz CT molecular complexity index is 2130. The first-order valence-electron chi connectivity index (χ1n) is 21.4. The van der Waals surface area contributed by atoms with Gasteiger partial charge in [0.2, 0.25) is 21.8 Å². The Hall–Kier alpha value is -4.40. The zero-order valence-corrected chi connectivity index (χ0v) is 34.2. The lowest BCUT2D eigenvalue weighted by Crippen LogP contribution is -2.70. The van der Waals surface area contributed by atoms with Gasteiger partial charge in [0.15, 0.2) is 11.3 Å². The normalized spacial score (nSPS) is 32.4. The summed E-state index contributed by atoms with van der Waals surface area (Å²) in [7, 11) is -3.93. The highest BCUT2D eigenvalue weighted by atomic mass is 32.2. The number of carbonyl (C=O) groups is 4. The number of aromatic amines is 1. The van der Waals surface area contributed by atoms with Gasteiger partial charge in [-0.25, -0.2) is 13.2 Å². The lowest BCUT2D eigenvalue weighted by atomic mass is 9.66. The van der Waals surface area contributed by atoms with Crippen LogP contribution in [0.1, 0.15) is 115 Å². The molecule has 5 fully saturated rings. The molecule has 1 saturated heterocycles. The minimum Gasteiger partial charge on any atom is -0.473 e. The van der Waals surface area contributed by atoms with E-state index in [1.54, 1.807) is 12.1 Å². The lowest BCUT2D eigenvalue weighted by molar-refractivity contribution is -0.145. The molecule has 7 unspecified atom stereocenters. The smallest absolute Gasteiger partial charge is 0.408 e. The summed E-state index contributed by atoms with van der Waals surface area (Å²) in [6.07, 6.45) is 11.4. The molecule has 1 aromatic heterocycles. The summed E-state index contributed by atoms with van der Waals surface area (Å²) in [6.45, 7) is 5.81. The Kier molecular flexibility index (Phi) is 11.1. The van der Waals surface area contributed by atoms with E-state index >= 15 is 0 Å². The predicted molar refractivity (Wildman–Crippen MR) is 216 cm³/mol. The summed E-state index contributed by atoms with van der Waals surface area (Å²) < 4.78 is 40.9. The molecule has 7 atom stereocenters. The number of sulfonamides is 1. The van der Waals surface area contributed by atoms with Gasteiger partial charge in [-0.2, -0.15) is 0 Å². The van der Waals surface area contributed by atoms with Gasteiger partial charge in [0.25, 0.3) is 5.91 Å². The van der Waals surface area contributed by atoms with Gasteiger partial charge in [0.05, 0.1) is 22.9 Å². The minimum absolute atomic E-state index is 0.0181. The standard InChI is InChI=1S/C43H57N5O9S/c1-3-27-21-23-43(27,40(52)47-58(54,55)30-19-20-30)46-37(50)34-24-29-25-48(34)39(51)35(26-12-7-8-13-26)45-41(53)57-42(2)22-11-15-28(42)14-5-4-6-17-32-36(49)31-16-9-10-18-33(31)44-38(32)56-29/h3,9-10,16,18,26-30,34-35H,1,4-8,11-15,17,19-25H2,2H3,(H,44,49)(H,45,53)(H,46,50)(H,47,52). The molecule has 0 radical (unpaired) electrons. The number of fused-ring (bicyclic) bond motifs is 5. The number of amides is 4. The van der Waals surface area contributed by atoms with Crippen LogP contribution in [0.5, 0.6) is 5.88 Å². The van der Waals surface area contributed by atoms with E-state index in [0.717, 1.165) is 57.8 Å². The van der Waals surface area contributed by atoms with E-state index < -0.39 is 74.3 Å². The van der Waals surface area contributed by atoms with Crippen molar-refractivity contribution < 1.29 is 37.1 Å². The van der Waals surface area contributed by atoms with E-state index in [-0.39, 0.29) is 36.7 Å². The first-order chi connectivity index (χ1) is 27.8. The van der Waals surface area contributed by atoms with Crippen LogP contribution in [0.15, 0.2) is 41.7 Å². The molecule has 314 valence electrons. The largest absolute Gasteiger partial charge is 0.473 e. The molecule has 4 amide bonds. The third-order valence-electron chi connectivity index (χ3n) is 14.1. The summed E-state index contributed by atoms with van der Waals surface area (Å²) in [5.74, 6) is -2.20. The van der Waals surface area contributed by atoms with Crippen molar-refractivity contribution in [2.45, 2.75) is 151 Å². The van der Waals surface area contributed by atoms with Crippen molar-refractivity contribution in [1.29, 1.82) is 0 Å². The third kappa shape index (κ3) is 7.75. The Morgan fingerprint density at radius 1 is 0.948 bits per heavy atom. The zero-order chi connectivity index (χ0) is 40.8. The second-order valence-electron chi connectivity index (χ2n) is 17.9. The predicted octanol–water partition coefficient (Wildman–Crippen LogP) is 4.90. The molecule has 2 aromatic rings. The molecule has 1 aromatic carbocycles. The Morgan fingerprint density at radius 3 is 2.41 bits per heavy atom. The zero-order valence-electron chi connectivity index (χ0n) is 33.4. The number of para-hydroxylation sites is 1. The molecule has 0 spiro atoms. The molecule has 4 saturated carbocycles. The molecule has 8 rings (SSSR count). The first kappa shape index (κ1) is 40.4. The van der Waals surface area contributed by atoms with Gasteiger partial charge < -0.3 is 30.0 Å². The van der Waals surface area contributed by atoms with E-state index in [1.165, 1.54) is 4.90 Å². The highest BCUT2D eigenvalue weighted by Gasteiger charge is 2.56.